The lowest BCUT2D eigenvalue weighted by atomic mass is 9.89. The molecule has 80 valence electrons. The first-order valence-electron chi connectivity index (χ1n) is 5.67. The van der Waals surface area contributed by atoms with Gasteiger partial charge in [-0.3, -0.25) is 4.79 Å². The second-order valence-electron chi connectivity index (χ2n) is 4.67. The number of esters is 1. The maximum Gasteiger partial charge on any atom is 0.311 e. The fourth-order valence-corrected chi connectivity index (χ4v) is 2.06. The normalized spacial score (nSPS) is 33.5. The Morgan fingerprint density at radius 3 is 2.36 bits per heavy atom. The Labute approximate surface area is 85.2 Å². The van der Waals surface area contributed by atoms with Crippen LogP contribution in [0.2, 0.25) is 0 Å². The number of rotatable bonds is 2. The molecule has 2 rings (SSSR count). The molecule has 0 aromatic rings. The molecule has 3 heteroatoms. The van der Waals surface area contributed by atoms with E-state index >= 15 is 0 Å². The summed E-state index contributed by atoms with van der Waals surface area (Å²) in [4.78, 5) is 11.5. The van der Waals surface area contributed by atoms with Gasteiger partial charge in [-0.15, -0.1) is 0 Å². The zero-order valence-corrected chi connectivity index (χ0v) is 8.79. The van der Waals surface area contributed by atoms with E-state index in [9.17, 15) is 4.79 Å². The zero-order valence-electron chi connectivity index (χ0n) is 8.79. The molecule has 1 saturated heterocycles. The molecule has 0 amide bonds. The maximum absolute atomic E-state index is 11.5. The molecule has 0 atom stereocenters. The minimum absolute atomic E-state index is 0.0169. The van der Waals surface area contributed by atoms with Crippen molar-refractivity contribution in [2.24, 2.45) is 11.8 Å². The first-order valence-corrected chi connectivity index (χ1v) is 5.67. The standard InChI is InChI=1S/C11H19NO2/c1-8-2-4-10(5-3-8)14-11(13)9-6-12-7-9/h8-10,12H,2-7H2,1H3. The van der Waals surface area contributed by atoms with Gasteiger partial charge in [0, 0.05) is 13.1 Å². The molecule has 0 unspecified atom stereocenters. The van der Waals surface area contributed by atoms with E-state index in [1.807, 2.05) is 0 Å². The molecular weight excluding hydrogens is 178 g/mol. The van der Waals surface area contributed by atoms with E-state index in [1.165, 1.54) is 12.8 Å². The molecule has 3 nitrogen and oxygen atoms in total. The third-order valence-corrected chi connectivity index (χ3v) is 3.36. The van der Waals surface area contributed by atoms with Crippen molar-refractivity contribution in [1.82, 2.24) is 5.32 Å². The van der Waals surface area contributed by atoms with Gasteiger partial charge in [-0.1, -0.05) is 6.92 Å². The molecule has 1 saturated carbocycles. The van der Waals surface area contributed by atoms with Crippen molar-refractivity contribution < 1.29 is 9.53 Å². The predicted octanol–water partition coefficient (Wildman–Crippen LogP) is 1.33. The van der Waals surface area contributed by atoms with Crippen molar-refractivity contribution in [2.45, 2.75) is 38.7 Å². The van der Waals surface area contributed by atoms with Gasteiger partial charge < -0.3 is 10.1 Å². The molecule has 1 heterocycles. The summed E-state index contributed by atoms with van der Waals surface area (Å²) in [5.41, 5.74) is 0. The van der Waals surface area contributed by atoms with Crippen LogP contribution in [0.25, 0.3) is 0 Å². The second-order valence-corrected chi connectivity index (χ2v) is 4.67. The van der Waals surface area contributed by atoms with Crippen LogP contribution in [0.3, 0.4) is 0 Å². The first kappa shape index (κ1) is 9.97. The van der Waals surface area contributed by atoms with Gasteiger partial charge in [0.25, 0.3) is 0 Å². The molecule has 0 aromatic heterocycles. The highest BCUT2D eigenvalue weighted by Gasteiger charge is 2.29. The van der Waals surface area contributed by atoms with E-state index in [0.29, 0.717) is 0 Å². The van der Waals surface area contributed by atoms with Crippen LogP contribution in [-0.2, 0) is 9.53 Å². The minimum Gasteiger partial charge on any atom is -0.462 e. The number of hydrogen-bond donors (Lipinski definition) is 1. The van der Waals surface area contributed by atoms with E-state index in [0.717, 1.165) is 31.8 Å². The molecule has 2 aliphatic rings. The molecule has 1 aliphatic heterocycles. The number of hydrogen-bond acceptors (Lipinski definition) is 3. The van der Waals surface area contributed by atoms with Crippen LogP contribution in [0, 0.1) is 11.8 Å². The summed E-state index contributed by atoms with van der Waals surface area (Å²) in [6, 6.07) is 0. The molecule has 0 spiro atoms. The average Bonchev–Trinajstić information content (AvgIpc) is 2.06. The van der Waals surface area contributed by atoms with Crippen LogP contribution in [0.1, 0.15) is 32.6 Å². The lowest BCUT2D eigenvalue weighted by molar-refractivity contribution is -0.157. The Kier molecular flexibility index (Phi) is 3.06. The van der Waals surface area contributed by atoms with Gasteiger partial charge in [0.15, 0.2) is 0 Å². The lowest BCUT2D eigenvalue weighted by Gasteiger charge is -2.30. The van der Waals surface area contributed by atoms with Gasteiger partial charge in [-0.05, 0) is 31.6 Å². The van der Waals surface area contributed by atoms with Gasteiger partial charge in [0.1, 0.15) is 6.10 Å². The summed E-state index contributed by atoms with van der Waals surface area (Å²) in [6.07, 6.45) is 4.75. The average molecular weight is 197 g/mol. The van der Waals surface area contributed by atoms with Crippen LogP contribution < -0.4 is 5.32 Å². The Morgan fingerprint density at radius 2 is 1.86 bits per heavy atom. The molecule has 0 bridgehead atoms. The van der Waals surface area contributed by atoms with Crippen LogP contribution >= 0.6 is 0 Å². The second kappa shape index (κ2) is 4.30. The molecule has 0 radical (unpaired) electrons. The van der Waals surface area contributed by atoms with Gasteiger partial charge >= 0.3 is 5.97 Å². The van der Waals surface area contributed by atoms with E-state index in [1.54, 1.807) is 0 Å². The predicted molar refractivity (Wildman–Crippen MR) is 53.9 cm³/mol. The highest BCUT2D eigenvalue weighted by Crippen LogP contribution is 2.26. The summed E-state index contributed by atoms with van der Waals surface area (Å²) < 4.78 is 5.46. The Bertz CT molecular complexity index is 205. The quantitative estimate of drug-likeness (QED) is 0.679. The molecule has 0 aromatic carbocycles. The van der Waals surface area contributed by atoms with Crippen LogP contribution in [0.5, 0.6) is 0 Å². The summed E-state index contributed by atoms with van der Waals surface area (Å²) >= 11 is 0. The van der Waals surface area contributed by atoms with Crippen molar-refractivity contribution in [2.75, 3.05) is 13.1 Å². The van der Waals surface area contributed by atoms with E-state index in [4.69, 9.17) is 4.74 Å². The fourth-order valence-electron chi connectivity index (χ4n) is 2.06. The largest absolute Gasteiger partial charge is 0.462 e. The number of carbonyl (C=O) groups is 1. The fraction of sp³-hybridized carbons (Fsp3) is 0.909. The van der Waals surface area contributed by atoms with E-state index < -0.39 is 0 Å². The van der Waals surface area contributed by atoms with Gasteiger partial charge in [-0.25, -0.2) is 0 Å². The summed E-state index contributed by atoms with van der Waals surface area (Å²) in [5, 5.41) is 3.09. The smallest absolute Gasteiger partial charge is 0.311 e. The van der Waals surface area contributed by atoms with Gasteiger partial charge in [0.05, 0.1) is 5.92 Å². The SMILES string of the molecule is CC1CCC(OC(=O)C2CNC2)CC1. The van der Waals surface area contributed by atoms with E-state index in [-0.39, 0.29) is 18.0 Å². The highest BCUT2D eigenvalue weighted by molar-refractivity contribution is 5.74. The van der Waals surface area contributed by atoms with Gasteiger partial charge in [0.2, 0.25) is 0 Å². The maximum atomic E-state index is 11.5. The number of carbonyl (C=O) groups excluding carboxylic acids is 1. The van der Waals surface area contributed by atoms with Crippen molar-refractivity contribution in [1.29, 1.82) is 0 Å². The Morgan fingerprint density at radius 1 is 1.21 bits per heavy atom. The van der Waals surface area contributed by atoms with Crippen LogP contribution in [0.4, 0.5) is 0 Å². The Balaban J connectivity index is 1.71. The van der Waals surface area contributed by atoms with Crippen molar-refractivity contribution in [3.05, 3.63) is 0 Å². The summed E-state index contributed by atoms with van der Waals surface area (Å²) in [7, 11) is 0. The van der Waals surface area contributed by atoms with Crippen LogP contribution in [-0.4, -0.2) is 25.2 Å². The topological polar surface area (TPSA) is 38.3 Å². The van der Waals surface area contributed by atoms with Crippen molar-refractivity contribution in [3.8, 4) is 0 Å². The molecule has 14 heavy (non-hydrogen) atoms. The third kappa shape index (κ3) is 2.27. The van der Waals surface area contributed by atoms with Crippen molar-refractivity contribution in [3.63, 3.8) is 0 Å². The van der Waals surface area contributed by atoms with E-state index in [2.05, 4.69) is 12.2 Å². The lowest BCUT2D eigenvalue weighted by Crippen LogP contribution is -2.48. The Hall–Kier alpha value is -0.570. The monoisotopic (exact) mass is 197 g/mol. The summed E-state index contributed by atoms with van der Waals surface area (Å²) in [6.45, 7) is 3.89. The van der Waals surface area contributed by atoms with Crippen molar-refractivity contribution >= 4 is 5.97 Å². The molecule has 1 N–H and O–H groups in total. The minimum atomic E-state index is 0.0169. The first-order chi connectivity index (χ1) is 6.75. The highest BCUT2D eigenvalue weighted by atomic mass is 16.5. The third-order valence-electron chi connectivity index (χ3n) is 3.36. The molecule has 1 aliphatic carbocycles. The molecule has 2 fully saturated rings. The summed E-state index contributed by atoms with van der Waals surface area (Å²) in [5.74, 6) is 0.966. The van der Waals surface area contributed by atoms with Crippen LogP contribution in [0.15, 0.2) is 0 Å². The zero-order chi connectivity index (χ0) is 9.97. The number of ether oxygens (including phenoxy) is 1. The van der Waals surface area contributed by atoms with Gasteiger partial charge in [-0.2, -0.15) is 0 Å². The molecular formula is C11H19NO2. The number of nitrogens with one attached hydrogen (secondary N) is 1.